The number of aliphatic imine (C=N–C) groups is 1. The Hall–Kier alpha value is -2.01. The number of ether oxygens (including phenoxy) is 1. The quantitative estimate of drug-likeness (QED) is 0.490. The first-order valence-electron chi connectivity index (χ1n) is 9.32. The van der Waals surface area contributed by atoms with E-state index in [2.05, 4.69) is 45.3 Å². The second kappa shape index (κ2) is 8.90. The SMILES string of the molecule is C=CCN1CCC(NC(=NC)NCC2CCOc3ccccc32)CC1. The topological polar surface area (TPSA) is 48.9 Å². The summed E-state index contributed by atoms with van der Waals surface area (Å²) in [5, 5.41) is 7.10. The van der Waals surface area contributed by atoms with E-state index < -0.39 is 0 Å². The normalized spacial score (nSPS) is 22.0. The molecule has 5 nitrogen and oxygen atoms in total. The maximum atomic E-state index is 5.75. The minimum Gasteiger partial charge on any atom is -0.493 e. The first-order valence-corrected chi connectivity index (χ1v) is 9.32. The van der Waals surface area contributed by atoms with Crippen molar-refractivity contribution in [3.8, 4) is 5.75 Å². The second-order valence-electron chi connectivity index (χ2n) is 6.83. The highest BCUT2D eigenvalue weighted by Crippen LogP contribution is 2.32. The number of nitrogens with one attached hydrogen (secondary N) is 2. The van der Waals surface area contributed by atoms with Crippen LogP contribution in [0.25, 0.3) is 0 Å². The number of hydrogen-bond acceptors (Lipinski definition) is 3. The summed E-state index contributed by atoms with van der Waals surface area (Å²) in [5.74, 6) is 2.40. The van der Waals surface area contributed by atoms with Crippen LogP contribution in [-0.4, -0.2) is 56.7 Å². The number of nitrogens with zero attached hydrogens (tertiary/aromatic N) is 2. The molecule has 1 aromatic carbocycles. The van der Waals surface area contributed by atoms with E-state index in [-0.39, 0.29) is 0 Å². The lowest BCUT2D eigenvalue weighted by atomic mass is 9.93. The van der Waals surface area contributed by atoms with Gasteiger partial charge < -0.3 is 15.4 Å². The van der Waals surface area contributed by atoms with Crippen LogP contribution in [0.1, 0.15) is 30.7 Å². The summed E-state index contributed by atoms with van der Waals surface area (Å²) in [6.45, 7) is 8.73. The summed E-state index contributed by atoms with van der Waals surface area (Å²) in [6, 6.07) is 8.85. The van der Waals surface area contributed by atoms with Gasteiger partial charge in [-0.1, -0.05) is 24.3 Å². The van der Waals surface area contributed by atoms with Gasteiger partial charge in [-0.15, -0.1) is 6.58 Å². The van der Waals surface area contributed by atoms with Gasteiger partial charge in [-0.25, -0.2) is 0 Å². The molecule has 0 aromatic heterocycles. The number of likely N-dealkylation sites (tertiary alicyclic amines) is 1. The Labute approximate surface area is 151 Å². The summed E-state index contributed by atoms with van der Waals surface area (Å²) in [5.41, 5.74) is 1.30. The summed E-state index contributed by atoms with van der Waals surface area (Å²) in [4.78, 5) is 6.86. The van der Waals surface area contributed by atoms with E-state index in [4.69, 9.17) is 4.74 Å². The first kappa shape index (κ1) is 17.8. The minimum atomic E-state index is 0.470. The largest absolute Gasteiger partial charge is 0.493 e. The molecule has 2 aliphatic heterocycles. The summed E-state index contributed by atoms with van der Waals surface area (Å²) in [6.07, 6.45) is 5.32. The zero-order valence-electron chi connectivity index (χ0n) is 15.2. The van der Waals surface area contributed by atoms with E-state index in [0.29, 0.717) is 12.0 Å². The Bertz CT molecular complexity index is 593. The fraction of sp³-hybridized carbons (Fsp3) is 0.550. The second-order valence-corrected chi connectivity index (χ2v) is 6.83. The lowest BCUT2D eigenvalue weighted by Crippen LogP contribution is -2.49. The number of piperidine rings is 1. The molecule has 5 heteroatoms. The van der Waals surface area contributed by atoms with Gasteiger partial charge in [-0.05, 0) is 30.9 Å². The number of rotatable bonds is 5. The first-order chi connectivity index (χ1) is 12.3. The van der Waals surface area contributed by atoms with Crippen molar-refractivity contribution >= 4 is 5.96 Å². The predicted octanol–water partition coefficient (Wildman–Crippen LogP) is 2.37. The molecule has 2 heterocycles. The summed E-state index contributed by atoms with van der Waals surface area (Å²) >= 11 is 0. The van der Waals surface area contributed by atoms with Gasteiger partial charge in [0.1, 0.15) is 5.75 Å². The molecule has 1 fully saturated rings. The van der Waals surface area contributed by atoms with Crippen LogP contribution in [0.5, 0.6) is 5.75 Å². The molecular formula is C20H30N4O. The third kappa shape index (κ3) is 4.75. The van der Waals surface area contributed by atoms with Crippen molar-refractivity contribution in [3.63, 3.8) is 0 Å². The predicted molar refractivity (Wildman–Crippen MR) is 103 cm³/mol. The number of para-hydroxylation sites is 1. The molecule has 1 unspecified atom stereocenters. The monoisotopic (exact) mass is 342 g/mol. The van der Waals surface area contributed by atoms with Gasteiger partial charge in [0.25, 0.3) is 0 Å². The summed E-state index contributed by atoms with van der Waals surface area (Å²) < 4.78 is 5.75. The van der Waals surface area contributed by atoms with E-state index in [1.165, 1.54) is 5.56 Å². The fourth-order valence-corrected chi connectivity index (χ4v) is 3.68. The van der Waals surface area contributed by atoms with E-state index in [0.717, 1.165) is 63.8 Å². The zero-order chi connectivity index (χ0) is 17.5. The molecule has 2 N–H and O–H groups in total. The highest BCUT2D eigenvalue weighted by Gasteiger charge is 2.22. The Morgan fingerprint density at radius 1 is 1.32 bits per heavy atom. The van der Waals surface area contributed by atoms with Gasteiger partial charge in [0.15, 0.2) is 5.96 Å². The number of fused-ring (bicyclic) bond motifs is 1. The number of benzene rings is 1. The van der Waals surface area contributed by atoms with Crippen LogP contribution in [0.3, 0.4) is 0 Å². The molecule has 136 valence electrons. The van der Waals surface area contributed by atoms with Crippen LogP contribution in [-0.2, 0) is 0 Å². The standard InChI is InChI=1S/C20H30N4O/c1-3-11-24-12-8-17(9-13-24)23-20(21-2)22-15-16-10-14-25-19-7-5-4-6-18(16)19/h3-7,16-17H,1,8-15H2,2H3,(H2,21,22,23). The van der Waals surface area contributed by atoms with Crippen molar-refractivity contribution in [2.24, 2.45) is 4.99 Å². The Balaban J connectivity index is 1.48. The van der Waals surface area contributed by atoms with E-state index >= 15 is 0 Å². The molecule has 3 rings (SSSR count). The molecule has 0 aliphatic carbocycles. The molecular weight excluding hydrogens is 312 g/mol. The summed E-state index contributed by atoms with van der Waals surface area (Å²) in [7, 11) is 1.85. The third-order valence-electron chi connectivity index (χ3n) is 5.14. The zero-order valence-corrected chi connectivity index (χ0v) is 15.2. The average Bonchev–Trinajstić information content (AvgIpc) is 2.66. The van der Waals surface area contributed by atoms with Crippen LogP contribution in [0.2, 0.25) is 0 Å². The van der Waals surface area contributed by atoms with Crippen LogP contribution in [0, 0.1) is 0 Å². The van der Waals surface area contributed by atoms with E-state index in [1.807, 2.05) is 19.2 Å². The minimum absolute atomic E-state index is 0.470. The maximum Gasteiger partial charge on any atom is 0.191 e. The van der Waals surface area contributed by atoms with Crippen molar-refractivity contribution in [1.29, 1.82) is 0 Å². The van der Waals surface area contributed by atoms with Gasteiger partial charge in [0, 0.05) is 45.2 Å². The molecule has 0 bridgehead atoms. The number of guanidine groups is 1. The smallest absolute Gasteiger partial charge is 0.191 e. The van der Waals surface area contributed by atoms with E-state index in [1.54, 1.807) is 0 Å². The molecule has 0 spiro atoms. The Morgan fingerprint density at radius 3 is 2.88 bits per heavy atom. The van der Waals surface area contributed by atoms with Gasteiger partial charge in [-0.2, -0.15) is 0 Å². The van der Waals surface area contributed by atoms with Crippen molar-refractivity contribution in [3.05, 3.63) is 42.5 Å². The van der Waals surface area contributed by atoms with Crippen LogP contribution < -0.4 is 15.4 Å². The van der Waals surface area contributed by atoms with Crippen molar-refractivity contribution in [2.45, 2.75) is 31.2 Å². The number of hydrogen-bond donors (Lipinski definition) is 2. The molecule has 0 saturated carbocycles. The fourth-order valence-electron chi connectivity index (χ4n) is 3.68. The third-order valence-corrected chi connectivity index (χ3v) is 5.14. The lowest BCUT2D eigenvalue weighted by Gasteiger charge is -2.33. The molecule has 1 saturated heterocycles. The molecule has 1 atom stereocenters. The van der Waals surface area contributed by atoms with Gasteiger partial charge in [-0.3, -0.25) is 9.89 Å². The average molecular weight is 342 g/mol. The molecule has 25 heavy (non-hydrogen) atoms. The molecule has 1 aromatic rings. The molecule has 0 amide bonds. The highest BCUT2D eigenvalue weighted by atomic mass is 16.5. The van der Waals surface area contributed by atoms with Gasteiger partial charge >= 0.3 is 0 Å². The van der Waals surface area contributed by atoms with Gasteiger partial charge in [0.2, 0.25) is 0 Å². The van der Waals surface area contributed by atoms with Crippen LogP contribution in [0.4, 0.5) is 0 Å². The van der Waals surface area contributed by atoms with Crippen molar-refractivity contribution in [1.82, 2.24) is 15.5 Å². The van der Waals surface area contributed by atoms with Crippen molar-refractivity contribution in [2.75, 3.05) is 39.8 Å². The Kier molecular flexibility index (Phi) is 6.34. The molecule has 2 aliphatic rings. The van der Waals surface area contributed by atoms with Gasteiger partial charge in [0.05, 0.1) is 6.61 Å². The van der Waals surface area contributed by atoms with Crippen molar-refractivity contribution < 1.29 is 4.74 Å². The maximum absolute atomic E-state index is 5.75. The van der Waals surface area contributed by atoms with Crippen LogP contribution in [0.15, 0.2) is 41.9 Å². The Morgan fingerprint density at radius 2 is 2.12 bits per heavy atom. The van der Waals surface area contributed by atoms with E-state index in [9.17, 15) is 0 Å². The van der Waals surface area contributed by atoms with Crippen LogP contribution >= 0.6 is 0 Å². The molecule has 0 radical (unpaired) electrons. The highest BCUT2D eigenvalue weighted by molar-refractivity contribution is 5.80. The lowest BCUT2D eigenvalue weighted by molar-refractivity contribution is 0.225.